The monoisotopic (exact) mass is 569 g/mol. The molecular formula is C34H39N3O5. The van der Waals surface area contributed by atoms with E-state index in [0.29, 0.717) is 25.8 Å². The van der Waals surface area contributed by atoms with Gasteiger partial charge in [0, 0.05) is 36.0 Å². The average molecular weight is 570 g/mol. The Labute approximate surface area is 246 Å². The summed E-state index contributed by atoms with van der Waals surface area (Å²) >= 11 is 0. The topological polar surface area (TPSA) is 121 Å². The molecule has 0 radical (unpaired) electrons. The number of amides is 2. The van der Waals surface area contributed by atoms with Crippen LogP contribution < -0.4 is 15.4 Å². The number of para-hydroxylation sites is 1. The molecule has 0 spiro atoms. The summed E-state index contributed by atoms with van der Waals surface area (Å²) in [6.07, 6.45) is 5.25. The molecule has 8 heteroatoms. The third-order valence-corrected chi connectivity index (χ3v) is 7.51. The third-order valence-electron chi connectivity index (χ3n) is 7.51. The van der Waals surface area contributed by atoms with Crippen LogP contribution in [0.25, 0.3) is 10.9 Å². The lowest BCUT2D eigenvalue weighted by Crippen LogP contribution is -2.50. The van der Waals surface area contributed by atoms with E-state index >= 15 is 0 Å². The highest BCUT2D eigenvalue weighted by Gasteiger charge is 2.28. The fourth-order valence-corrected chi connectivity index (χ4v) is 5.17. The van der Waals surface area contributed by atoms with Crippen molar-refractivity contribution in [1.29, 1.82) is 0 Å². The van der Waals surface area contributed by atoms with Gasteiger partial charge >= 0.3 is 5.97 Å². The minimum Gasteiger partial charge on any atom is -0.497 e. The van der Waals surface area contributed by atoms with Gasteiger partial charge in [-0.2, -0.15) is 0 Å². The predicted molar refractivity (Wildman–Crippen MR) is 163 cm³/mol. The van der Waals surface area contributed by atoms with Gasteiger partial charge in [-0.05, 0) is 60.6 Å². The van der Waals surface area contributed by atoms with E-state index in [0.717, 1.165) is 46.2 Å². The van der Waals surface area contributed by atoms with Gasteiger partial charge in [-0.1, -0.05) is 67.1 Å². The Hall–Kier alpha value is -4.59. The SMILES string of the molecule is COc1ccc(CCCCC(CC(=O)O)C(=O)NC(Cc2c[nH]c3ccccc23)C(=O)NCCc2ccccc2)cc1. The van der Waals surface area contributed by atoms with E-state index in [9.17, 15) is 19.5 Å². The van der Waals surface area contributed by atoms with Gasteiger partial charge in [0.1, 0.15) is 11.8 Å². The quantitative estimate of drug-likeness (QED) is 0.141. The Balaban J connectivity index is 1.40. The second-order valence-electron chi connectivity index (χ2n) is 10.5. The van der Waals surface area contributed by atoms with E-state index in [1.54, 1.807) is 7.11 Å². The van der Waals surface area contributed by atoms with Gasteiger partial charge in [-0.15, -0.1) is 0 Å². The van der Waals surface area contributed by atoms with Gasteiger partial charge in [0.05, 0.1) is 13.5 Å². The van der Waals surface area contributed by atoms with Crippen molar-refractivity contribution in [3.05, 3.63) is 102 Å². The maximum absolute atomic E-state index is 13.4. The highest BCUT2D eigenvalue weighted by molar-refractivity contribution is 5.91. The summed E-state index contributed by atoms with van der Waals surface area (Å²) in [4.78, 5) is 41.7. The first-order valence-corrected chi connectivity index (χ1v) is 14.4. The van der Waals surface area contributed by atoms with E-state index in [1.165, 1.54) is 0 Å². The zero-order chi connectivity index (χ0) is 29.7. The maximum Gasteiger partial charge on any atom is 0.304 e. The zero-order valence-electron chi connectivity index (χ0n) is 24.0. The van der Waals surface area contributed by atoms with Crippen LogP contribution >= 0.6 is 0 Å². The number of nitrogens with one attached hydrogen (secondary N) is 3. The molecule has 0 fully saturated rings. The van der Waals surface area contributed by atoms with Crippen LogP contribution in [-0.4, -0.2) is 47.6 Å². The fraction of sp³-hybridized carbons (Fsp3) is 0.324. The molecule has 3 aromatic carbocycles. The van der Waals surface area contributed by atoms with Crippen molar-refractivity contribution in [2.24, 2.45) is 5.92 Å². The van der Waals surface area contributed by atoms with Crippen LogP contribution in [0, 0.1) is 5.92 Å². The maximum atomic E-state index is 13.4. The molecule has 4 rings (SSSR count). The first-order chi connectivity index (χ1) is 20.4. The number of fused-ring (bicyclic) bond motifs is 1. The summed E-state index contributed by atoms with van der Waals surface area (Å²) in [5, 5.41) is 16.4. The minimum atomic E-state index is -1.04. The second kappa shape index (κ2) is 15.4. The van der Waals surface area contributed by atoms with E-state index in [-0.39, 0.29) is 18.7 Å². The lowest BCUT2D eigenvalue weighted by Gasteiger charge is -2.22. The Morgan fingerprint density at radius 1 is 0.857 bits per heavy atom. The van der Waals surface area contributed by atoms with Gasteiger partial charge in [-0.3, -0.25) is 14.4 Å². The average Bonchev–Trinajstić information content (AvgIpc) is 3.41. The number of carbonyl (C=O) groups excluding carboxylic acids is 2. The molecule has 4 aromatic rings. The van der Waals surface area contributed by atoms with Crippen LogP contribution in [0.15, 0.2) is 85.1 Å². The van der Waals surface area contributed by atoms with Gasteiger partial charge in [-0.25, -0.2) is 0 Å². The molecule has 0 saturated heterocycles. The Morgan fingerprint density at radius 2 is 1.57 bits per heavy atom. The second-order valence-corrected chi connectivity index (χ2v) is 10.5. The van der Waals surface area contributed by atoms with Crippen molar-refractivity contribution in [3.8, 4) is 5.75 Å². The molecule has 2 unspecified atom stereocenters. The minimum absolute atomic E-state index is 0.282. The lowest BCUT2D eigenvalue weighted by molar-refractivity contribution is -0.141. The zero-order valence-corrected chi connectivity index (χ0v) is 24.0. The number of H-pyrrole nitrogens is 1. The smallest absolute Gasteiger partial charge is 0.304 e. The molecule has 1 aromatic heterocycles. The predicted octanol–water partition coefficient (Wildman–Crippen LogP) is 5.07. The number of ether oxygens (including phenoxy) is 1. The number of methoxy groups -OCH3 is 1. The molecule has 42 heavy (non-hydrogen) atoms. The summed E-state index contributed by atoms with van der Waals surface area (Å²) in [5.74, 6) is -1.68. The standard InChI is InChI=1S/C34H39N3O5/c1-42-28-17-15-25(16-18-28)11-5-6-12-26(22-32(38)39)33(40)37-31(21-27-23-36-30-14-8-7-13-29(27)30)34(41)35-20-19-24-9-3-2-4-10-24/h2-4,7-10,13-18,23,26,31,36H,5-6,11-12,19-22H2,1H3,(H,35,41)(H,37,40)(H,38,39). The van der Waals surface area contributed by atoms with E-state index in [4.69, 9.17) is 4.74 Å². The summed E-state index contributed by atoms with van der Waals surface area (Å²) in [5.41, 5.74) is 4.11. The molecule has 2 atom stereocenters. The molecular weight excluding hydrogens is 530 g/mol. The molecule has 4 N–H and O–H groups in total. The van der Waals surface area contributed by atoms with Crippen LogP contribution in [0.1, 0.15) is 42.4 Å². The Kier molecular flexibility index (Phi) is 11.2. The summed E-state index contributed by atoms with van der Waals surface area (Å²) in [6, 6.07) is 24.7. The number of aliphatic carboxylic acids is 1. The van der Waals surface area contributed by atoms with Crippen LogP contribution in [0.2, 0.25) is 0 Å². The molecule has 0 aliphatic heterocycles. The number of carbonyl (C=O) groups is 3. The number of rotatable bonds is 16. The normalized spacial score (nSPS) is 12.4. The van der Waals surface area contributed by atoms with Gasteiger partial charge in [0.15, 0.2) is 0 Å². The largest absolute Gasteiger partial charge is 0.497 e. The van der Waals surface area contributed by atoms with Crippen molar-refractivity contribution in [2.75, 3.05) is 13.7 Å². The molecule has 0 saturated carbocycles. The van der Waals surface area contributed by atoms with Gasteiger partial charge < -0.3 is 25.5 Å². The number of carboxylic acid groups (broad SMARTS) is 1. The summed E-state index contributed by atoms with van der Waals surface area (Å²) < 4.78 is 5.20. The molecule has 0 aliphatic carbocycles. The molecule has 220 valence electrons. The van der Waals surface area contributed by atoms with E-state index in [1.807, 2.05) is 85.1 Å². The number of hydrogen-bond acceptors (Lipinski definition) is 4. The Morgan fingerprint density at radius 3 is 2.31 bits per heavy atom. The molecule has 1 heterocycles. The van der Waals surface area contributed by atoms with Gasteiger partial charge in [0.25, 0.3) is 0 Å². The van der Waals surface area contributed by atoms with Crippen LogP contribution in [0.5, 0.6) is 5.75 Å². The molecule has 0 aliphatic rings. The lowest BCUT2D eigenvalue weighted by atomic mass is 9.95. The van der Waals surface area contributed by atoms with Crippen molar-refractivity contribution < 1.29 is 24.2 Å². The number of unbranched alkanes of at least 4 members (excludes halogenated alkanes) is 1. The van der Waals surface area contributed by atoms with Gasteiger partial charge in [0.2, 0.25) is 11.8 Å². The molecule has 0 bridgehead atoms. The van der Waals surface area contributed by atoms with Crippen molar-refractivity contribution in [3.63, 3.8) is 0 Å². The van der Waals surface area contributed by atoms with E-state index in [2.05, 4.69) is 15.6 Å². The number of aromatic amines is 1. The molecule has 8 nitrogen and oxygen atoms in total. The first kappa shape index (κ1) is 30.4. The van der Waals surface area contributed by atoms with Crippen LogP contribution in [0.3, 0.4) is 0 Å². The van der Waals surface area contributed by atoms with Crippen molar-refractivity contribution in [2.45, 2.75) is 51.0 Å². The third kappa shape index (κ3) is 8.96. The van der Waals surface area contributed by atoms with Crippen LogP contribution in [0.4, 0.5) is 0 Å². The van der Waals surface area contributed by atoms with Crippen molar-refractivity contribution >= 4 is 28.7 Å². The fourth-order valence-electron chi connectivity index (χ4n) is 5.17. The number of aryl methyl sites for hydroxylation is 1. The first-order valence-electron chi connectivity index (χ1n) is 14.4. The van der Waals surface area contributed by atoms with Crippen LogP contribution in [-0.2, 0) is 33.6 Å². The number of carboxylic acids is 1. The molecule has 2 amide bonds. The number of hydrogen-bond donors (Lipinski definition) is 4. The number of benzene rings is 3. The highest BCUT2D eigenvalue weighted by atomic mass is 16.5. The highest BCUT2D eigenvalue weighted by Crippen LogP contribution is 2.21. The van der Waals surface area contributed by atoms with Crippen molar-refractivity contribution in [1.82, 2.24) is 15.6 Å². The Bertz CT molecular complexity index is 1450. The number of aromatic nitrogens is 1. The van der Waals surface area contributed by atoms with E-state index < -0.39 is 23.8 Å². The summed E-state index contributed by atoms with van der Waals surface area (Å²) in [6.45, 7) is 0.424. The summed E-state index contributed by atoms with van der Waals surface area (Å²) in [7, 11) is 1.63.